The standard InChI is InChI=1S/C33H35N3O6S2/c1-20-28(19-43-33-36-35-21(2)44-33)41-32(42-31(20)25-8-6-22(18-37)7-9-25)26-12-10-24(11-13-26)27-5-3-4-23(16-27)17-34-29(38)14-15-30(39)40/h3-13,16,20,28,31-32,37H,14-15,17-19H2,1-2H3,(H,34,38)(H,39,40)/t20-,28+,31+,32+/m0/s1. The van der Waals surface area contributed by atoms with Crippen molar-refractivity contribution in [1.82, 2.24) is 15.5 Å². The molecule has 1 aliphatic heterocycles. The zero-order valence-electron chi connectivity index (χ0n) is 24.5. The van der Waals surface area contributed by atoms with Gasteiger partial charge in [-0.3, -0.25) is 9.59 Å². The molecule has 0 unspecified atom stereocenters. The molecule has 9 nitrogen and oxygen atoms in total. The van der Waals surface area contributed by atoms with Crippen LogP contribution in [0.4, 0.5) is 0 Å². The molecule has 44 heavy (non-hydrogen) atoms. The van der Waals surface area contributed by atoms with E-state index < -0.39 is 12.3 Å². The van der Waals surface area contributed by atoms with Crippen molar-refractivity contribution in [2.75, 3.05) is 5.75 Å². The van der Waals surface area contributed by atoms with Crippen LogP contribution in [0.2, 0.25) is 0 Å². The summed E-state index contributed by atoms with van der Waals surface area (Å²) in [6.07, 6.45) is -1.11. The summed E-state index contributed by atoms with van der Waals surface area (Å²) in [5.41, 5.74) is 5.71. The quantitative estimate of drug-likeness (QED) is 0.159. The number of thioether (sulfide) groups is 1. The minimum atomic E-state index is -0.992. The highest BCUT2D eigenvalue weighted by atomic mass is 32.2. The van der Waals surface area contributed by atoms with Crippen LogP contribution < -0.4 is 5.32 Å². The van der Waals surface area contributed by atoms with Gasteiger partial charge in [0, 0.05) is 30.2 Å². The molecule has 3 aromatic carbocycles. The molecule has 5 rings (SSSR count). The third kappa shape index (κ3) is 8.30. The van der Waals surface area contributed by atoms with Gasteiger partial charge in [0.15, 0.2) is 10.6 Å². The SMILES string of the molecule is Cc1nnc(SC[C@H]2O[C@@H](c3ccc(-c4cccc(CNC(=O)CCC(=O)O)c4)cc3)O[C@@H](c3ccc(CO)cc3)[C@H]2C)s1. The van der Waals surface area contributed by atoms with Crippen molar-refractivity contribution in [3.63, 3.8) is 0 Å². The zero-order chi connectivity index (χ0) is 31.1. The molecule has 11 heteroatoms. The predicted molar refractivity (Wildman–Crippen MR) is 169 cm³/mol. The molecule has 1 amide bonds. The lowest BCUT2D eigenvalue weighted by atomic mass is 9.91. The normalized spacial score (nSPS) is 19.9. The van der Waals surface area contributed by atoms with Gasteiger partial charge in [-0.05, 0) is 40.8 Å². The number of amides is 1. The van der Waals surface area contributed by atoms with E-state index >= 15 is 0 Å². The van der Waals surface area contributed by atoms with Crippen molar-refractivity contribution in [2.24, 2.45) is 5.92 Å². The van der Waals surface area contributed by atoms with Crippen LogP contribution in [0, 0.1) is 12.8 Å². The van der Waals surface area contributed by atoms with Crippen LogP contribution in [0.1, 0.15) is 59.4 Å². The number of ether oxygens (including phenoxy) is 2. The van der Waals surface area contributed by atoms with Gasteiger partial charge in [-0.25, -0.2) is 0 Å². The lowest BCUT2D eigenvalue weighted by Gasteiger charge is -2.41. The summed E-state index contributed by atoms with van der Waals surface area (Å²) in [7, 11) is 0. The number of aliphatic hydroxyl groups is 1. The van der Waals surface area contributed by atoms with Gasteiger partial charge < -0.3 is 25.0 Å². The molecule has 4 aromatic rings. The molecule has 3 N–H and O–H groups in total. The van der Waals surface area contributed by atoms with Crippen LogP contribution in [0.25, 0.3) is 11.1 Å². The van der Waals surface area contributed by atoms with Crippen LogP contribution >= 0.6 is 23.1 Å². The Morgan fingerprint density at radius 2 is 1.68 bits per heavy atom. The topological polar surface area (TPSA) is 131 Å². The van der Waals surface area contributed by atoms with Crippen molar-refractivity contribution in [1.29, 1.82) is 0 Å². The van der Waals surface area contributed by atoms with Crippen molar-refractivity contribution >= 4 is 35.0 Å². The van der Waals surface area contributed by atoms with Gasteiger partial charge in [-0.15, -0.1) is 10.2 Å². The van der Waals surface area contributed by atoms with Gasteiger partial charge in [-0.1, -0.05) is 96.8 Å². The summed E-state index contributed by atoms with van der Waals surface area (Å²) in [5, 5.41) is 30.4. The third-order valence-corrected chi connectivity index (χ3v) is 9.56. The van der Waals surface area contributed by atoms with Crippen molar-refractivity contribution in [3.8, 4) is 11.1 Å². The zero-order valence-corrected chi connectivity index (χ0v) is 26.1. The fourth-order valence-electron chi connectivity index (χ4n) is 5.00. The van der Waals surface area contributed by atoms with Crippen molar-refractivity contribution < 1.29 is 29.3 Å². The first-order valence-corrected chi connectivity index (χ1v) is 16.2. The fourth-order valence-corrected chi connectivity index (χ4v) is 7.01. The van der Waals surface area contributed by atoms with Crippen molar-refractivity contribution in [3.05, 3.63) is 100 Å². The first-order valence-electron chi connectivity index (χ1n) is 14.4. The second-order valence-electron chi connectivity index (χ2n) is 10.7. The van der Waals surface area contributed by atoms with E-state index in [0.29, 0.717) is 12.3 Å². The van der Waals surface area contributed by atoms with Gasteiger partial charge in [0.05, 0.1) is 25.2 Å². The van der Waals surface area contributed by atoms with E-state index in [1.54, 1.807) is 23.1 Å². The molecular formula is C33H35N3O6S2. The third-order valence-electron chi connectivity index (χ3n) is 7.50. The van der Waals surface area contributed by atoms with E-state index in [-0.39, 0.29) is 43.5 Å². The summed E-state index contributed by atoms with van der Waals surface area (Å²) in [5.74, 6) is -0.506. The summed E-state index contributed by atoms with van der Waals surface area (Å²) >= 11 is 3.21. The minimum Gasteiger partial charge on any atom is -0.481 e. The molecule has 1 aliphatic rings. The number of carboxylic acid groups (broad SMARTS) is 1. The van der Waals surface area contributed by atoms with Crippen LogP contribution in [0.5, 0.6) is 0 Å². The van der Waals surface area contributed by atoms with Gasteiger partial charge >= 0.3 is 5.97 Å². The number of aromatic nitrogens is 2. The summed E-state index contributed by atoms with van der Waals surface area (Å²) in [6.45, 7) is 4.40. The number of nitrogens with one attached hydrogen (secondary N) is 1. The second-order valence-corrected chi connectivity index (χ2v) is 13.2. The molecule has 0 saturated carbocycles. The highest BCUT2D eigenvalue weighted by Crippen LogP contribution is 2.43. The number of rotatable bonds is 12. The first kappa shape index (κ1) is 31.8. The Balaban J connectivity index is 1.30. The number of carbonyl (C=O) groups is 2. The number of benzene rings is 3. The van der Waals surface area contributed by atoms with Gasteiger partial charge in [-0.2, -0.15) is 0 Å². The fraction of sp³-hybridized carbons (Fsp3) is 0.333. The molecule has 1 saturated heterocycles. The van der Waals surface area contributed by atoms with Gasteiger partial charge in [0.2, 0.25) is 5.91 Å². The Kier molecular flexibility index (Phi) is 10.8. The summed E-state index contributed by atoms with van der Waals surface area (Å²) < 4.78 is 14.1. The summed E-state index contributed by atoms with van der Waals surface area (Å²) in [4.78, 5) is 22.7. The van der Waals surface area contributed by atoms with E-state index in [1.807, 2.05) is 79.7 Å². The van der Waals surface area contributed by atoms with Crippen LogP contribution in [0.3, 0.4) is 0 Å². The van der Waals surface area contributed by atoms with E-state index in [4.69, 9.17) is 14.6 Å². The number of carboxylic acids is 1. The van der Waals surface area contributed by atoms with Crippen LogP contribution in [-0.2, 0) is 32.2 Å². The highest BCUT2D eigenvalue weighted by molar-refractivity contribution is 8.01. The molecule has 0 aliphatic carbocycles. The Morgan fingerprint density at radius 3 is 2.36 bits per heavy atom. The average molecular weight is 634 g/mol. The maximum Gasteiger partial charge on any atom is 0.303 e. The van der Waals surface area contributed by atoms with Gasteiger partial charge in [0.25, 0.3) is 0 Å². The maximum atomic E-state index is 11.9. The smallest absolute Gasteiger partial charge is 0.303 e. The summed E-state index contributed by atoms with van der Waals surface area (Å²) in [6, 6.07) is 23.8. The van der Waals surface area contributed by atoms with Crippen molar-refractivity contribution in [2.45, 2.75) is 62.7 Å². The van der Waals surface area contributed by atoms with Crippen LogP contribution in [-0.4, -0.2) is 44.1 Å². The predicted octanol–water partition coefficient (Wildman–Crippen LogP) is 6.07. The molecule has 0 spiro atoms. The Labute approximate surface area is 264 Å². The van der Waals surface area contributed by atoms with Crippen LogP contribution in [0.15, 0.2) is 77.1 Å². The Morgan fingerprint density at radius 1 is 0.932 bits per heavy atom. The Bertz CT molecular complexity index is 1560. The Hall–Kier alpha value is -3.61. The number of nitrogens with zero attached hydrogens (tertiary/aromatic N) is 2. The molecular weight excluding hydrogens is 599 g/mol. The van der Waals surface area contributed by atoms with E-state index in [9.17, 15) is 14.7 Å². The van der Waals surface area contributed by atoms with E-state index in [2.05, 4.69) is 22.4 Å². The number of carbonyl (C=O) groups excluding carboxylic acids is 1. The number of hydrogen-bond donors (Lipinski definition) is 3. The monoisotopic (exact) mass is 633 g/mol. The first-order chi connectivity index (χ1) is 21.3. The average Bonchev–Trinajstić information content (AvgIpc) is 3.47. The molecule has 0 radical (unpaired) electrons. The number of aliphatic carboxylic acids is 1. The lowest BCUT2D eigenvalue weighted by Crippen LogP contribution is -2.38. The highest BCUT2D eigenvalue weighted by Gasteiger charge is 2.38. The minimum absolute atomic E-state index is 0.00961. The molecule has 1 aromatic heterocycles. The maximum absolute atomic E-state index is 11.9. The number of aliphatic hydroxyl groups excluding tert-OH is 1. The van der Waals surface area contributed by atoms with E-state index in [1.165, 1.54) is 0 Å². The number of aryl methyl sites for hydroxylation is 1. The second kappa shape index (κ2) is 14.9. The molecule has 2 heterocycles. The molecule has 4 atom stereocenters. The molecule has 230 valence electrons. The largest absolute Gasteiger partial charge is 0.481 e. The number of hydrogen-bond acceptors (Lipinski definition) is 9. The lowest BCUT2D eigenvalue weighted by molar-refractivity contribution is -0.268. The van der Waals surface area contributed by atoms with E-state index in [0.717, 1.165) is 42.7 Å². The molecule has 0 bridgehead atoms. The molecule has 1 fully saturated rings. The van der Waals surface area contributed by atoms with Gasteiger partial charge in [0.1, 0.15) is 5.01 Å².